The SMILES string of the molecule is CC(CO)N(C)c1nnccc1CN. The molecule has 5 nitrogen and oxygen atoms in total. The van der Waals surface area contributed by atoms with Gasteiger partial charge >= 0.3 is 0 Å². The van der Waals surface area contributed by atoms with Crippen molar-refractivity contribution in [2.45, 2.75) is 19.5 Å². The minimum Gasteiger partial charge on any atom is -0.394 e. The number of hydrogen-bond acceptors (Lipinski definition) is 5. The number of hydrogen-bond donors (Lipinski definition) is 2. The van der Waals surface area contributed by atoms with E-state index in [0.717, 1.165) is 11.4 Å². The standard InChI is InChI=1S/C9H16N4O/c1-7(6-14)13(2)9-8(5-10)3-4-11-12-9/h3-4,7,14H,5-6,10H2,1-2H3. The molecule has 1 rings (SSSR count). The molecule has 0 aliphatic rings. The molecule has 0 amide bonds. The highest BCUT2D eigenvalue weighted by Gasteiger charge is 2.13. The summed E-state index contributed by atoms with van der Waals surface area (Å²) < 4.78 is 0. The van der Waals surface area contributed by atoms with Gasteiger partial charge < -0.3 is 15.7 Å². The Hall–Kier alpha value is -1.20. The van der Waals surface area contributed by atoms with E-state index in [1.807, 2.05) is 24.9 Å². The molecule has 1 atom stereocenters. The summed E-state index contributed by atoms with van der Waals surface area (Å²) in [5.74, 6) is 0.733. The van der Waals surface area contributed by atoms with Crippen LogP contribution in [0.5, 0.6) is 0 Å². The van der Waals surface area contributed by atoms with Crippen molar-refractivity contribution in [3.63, 3.8) is 0 Å². The van der Waals surface area contributed by atoms with Gasteiger partial charge in [0.2, 0.25) is 0 Å². The van der Waals surface area contributed by atoms with Crippen LogP contribution in [-0.2, 0) is 6.54 Å². The average molecular weight is 196 g/mol. The molecule has 1 unspecified atom stereocenters. The van der Waals surface area contributed by atoms with E-state index < -0.39 is 0 Å². The van der Waals surface area contributed by atoms with Gasteiger partial charge in [-0.2, -0.15) is 5.10 Å². The molecule has 1 aromatic heterocycles. The summed E-state index contributed by atoms with van der Waals surface area (Å²) in [7, 11) is 1.87. The predicted octanol–water partition coefficient (Wildman–Crippen LogP) is -0.248. The molecular formula is C9H16N4O. The molecule has 0 radical (unpaired) electrons. The molecule has 1 aromatic rings. The lowest BCUT2D eigenvalue weighted by atomic mass is 10.2. The van der Waals surface area contributed by atoms with E-state index in [9.17, 15) is 0 Å². The number of aromatic nitrogens is 2. The van der Waals surface area contributed by atoms with Gasteiger partial charge in [0.1, 0.15) is 0 Å². The fourth-order valence-electron chi connectivity index (χ4n) is 1.14. The second kappa shape index (κ2) is 4.88. The summed E-state index contributed by atoms with van der Waals surface area (Å²) in [6.07, 6.45) is 1.61. The molecule has 0 aliphatic carbocycles. The van der Waals surface area contributed by atoms with Crippen LogP contribution in [0.15, 0.2) is 12.3 Å². The van der Waals surface area contributed by atoms with E-state index in [0.29, 0.717) is 6.54 Å². The largest absolute Gasteiger partial charge is 0.394 e. The molecule has 1 heterocycles. The van der Waals surface area contributed by atoms with Gasteiger partial charge in [-0.3, -0.25) is 0 Å². The lowest BCUT2D eigenvalue weighted by molar-refractivity contribution is 0.269. The first-order chi connectivity index (χ1) is 6.70. The van der Waals surface area contributed by atoms with Gasteiger partial charge in [0, 0.05) is 19.2 Å². The first kappa shape index (κ1) is 10.9. The molecule has 0 saturated carbocycles. The summed E-state index contributed by atoms with van der Waals surface area (Å²) in [5, 5.41) is 16.8. The van der Waals surface area contributed by atoms with E-state index in [1.165, 1.54) is 0 Å². The Balaban J connectivity index is 2.93. The fourth-order valence-corrected chi connectivity index (χ4v) is 1.14. The summed E-state index contributed by atoms with van der Waals surface area (Å²) in [6.45, 7) is 2.42. The molecule has 0 spiro atoms. The third kappa shape index (κ3) is 2.18. The van der Waals surface area contributed by atoms with Crippen LogP contribution in [0.1, 0.15) is 12.5 Å². The van der Waals surface area contributed by atoms with Gasteiger partial charge in [-0.05, 0) is 13.0 Å². The number of aliphatic hydroxyl groups excluding tert-OH is 1. The normalized spacial score (nSPS) is 12.6. The number of anilines is 1. The monoisotopic (exact) mass is 196 g/mol. The van der Waals surface area contributed by atoms with Crippen LogP contribution >= 0.6 is 0 Å². The third-order valence-corrected chi connectivity index (χ3v) is 2.26. The molecule has 0 aliphatic heterocycles. The third-order valence-electron chi connectivity index (χ3n) is 2.26. The van der Waals surface area contributed by atoms with Crippen molar-refractivity contribution in [3.8, 4) is 0 Å². The first-order valence-electron chi connectivity index (χ1n) is 4.55. The van der Waals surface area contributed by atoms with Crippen molar-refractivity contribution in [3.05, 3.63) is 17.8 Å². The number of rotatable bonds is 4. The Morgan fingerprint density at radius 2 is 2.36 bits per heavy atom. The maximum atomic E-state index is 9.01. The minimum atomic E-state index is 0.0111. The molecule has 14 heavy (non-hydrogen) atoms. The lowest BCUT2D eigenvalue weighted by Gasteiger charge is -2.25. The van der Waals surface area contributed by atoms with Crippen LogP contribution in [0.4, 0.5) is 5.82 Å². The predicted molar refractivity (Wildman–Crippen MR) is 54.9 cm³/mol. The highest BCUT2D eigenvalue weighted by molar-refractivity contribution is 5.45. The van der Waals surface area contributed by atoms with Crippen LogP contribution < -0.4 is 10.6 Å². The molecule has 0 saturated heterocycles. The van der Waals surface area contributed by atoms with Crippen LogP contribution in [0, 0.1) is 0 Å². The maximum Gasteiger partial charge on any atom is 0.155 e. The summed E-state index contributed by atoms with van der Waals surface area (Å²) in [5.41, 5.74) is 6.51. The second-order valence-corrected chi connectivity index (χ2v) is 3.23. The molecule has 0 aromatic carbocycles. The van der Waals surface area contributed by atoms with E-state index >= 15 is 0 Å². The molecular weight excluding hydrogens is 180 g/mol. The second-order valence-electron chi connectivity index (χ2n) is 3.23. The van der Waals surface area contributed by atoms with E-state index in [4.69, 9.17) is 10.8 Å². The van der Waals surface area contributed by atoms with E-state index in [1.54, 1.807) is 6.20 Å². The van der Waals surface area contributed by atoms with Crippen LogP contribution in [0.2, 0.25) is 0 Å². The zero-order chi connectivity index (χ0) is 10.6. The Bertz CT molecular complexity index is 292. The number of likely N-dealkylation sites (N-methyl/N-ethyl adjacent to an activating group) is 1. The van der Waals surface area contributed by atoms with Crippen LogP contribution in [0.3, 0.4) is 0 Å². The van der Waals surface area contributed by atoms with E-state index in [2.05, 4.69) is 10.2 Å². The average Bonchev–Trinajstić information content (AvgIpc) is 2.26. The fraction of sp³-hybridized carbons (Fsp3) is 0.556. The van der Waals surface area contributed by atoms with Crippen molar-refractivity contribution in [2.75, 3.05) is 18.6 Å². The highest BCUT2D eigenvalue weighted by atomic mass is 16.3. The van der Waals surface area contributed by atoms with Gasteiger partial charge in [-0.25, -0.2) is 0 Å². The number of nitrogens with zero attached hydrogens (tertiary/aromatic N) is 3. The molecule has 5 heteroatoms. The lowest BCUT2D eigenvalue weighted by Crippen LogP contribution is -2.33. The van der Waals surface area contributed by atoms with Gasteiger partial charge in [-0.15, -0.1) is 5.10 Å². The summed E-state index contributed by atoms with van der Waals surface area (Å²) >= 11 is 0. The van der Waals surface area contributed by atoms with Crippen molar-refractivity contribution < 1.29 is 5.11 Å². The highest BCUT2D eigenvalue weighted by Crippen LogP contribution is 2.15. The van der Waals surface area contributed by atoms with Crippen molar-refractivity contribution in [1.29, 1.82) is 0 Å². The minimum absolute atomic E-state index is 0.0111. The molecule has 0 bridgehead atoms. The summed E-state index contributed by atoms with van der Waals surface area (Å²) in [6, 6.07) is 1.85. The zero-order valence-electron chi connectivity index (χ0n) is 8.51. The smallest absolute Gasteiger partial charge is 0.155 e. The molecule has 0 fully saturated rings. The summed E-state index contributed by atoms with van der Waals surface area (Å²) in [4.78, 5) is 1.87. The molecule has 78 valence electrons. The van der Waals surface area contributed by atoms with Gasteiger partial charge in [-0.1, -0.05) is 0 Å². The van der Waals surface area contributed by atoms with Gasteiger partial charge in [0.25, 0.3) is 0 Å². The Kier molecular flexibility index (Phi) is 3.79. The number of aliphatic hydroxyl groups is 1. The zero-order valence-corrected chi connectivity index (χ0v) is 8.51. The Morgan fingerprint density at radius 3 is 2.93 bits per heavy atom. The van der Waals surface area contributed by atoms with Crippen LogP contribution in [-0.4, -0.2) is 35.0 Å². The van der Waals surface area contributed by atoms with Crippen molar-refractivity contribution in [1.82, 2.24) is 10.2 Å². The van der Waals surface area contributed by atoms with Crippen molar-refractivity contribution in [2.24, 2.45) is 5.73 Å². The van der Waals surface area contributed by atoms with E-state index in [-0.39, 0.29) is 12.6 Å². The van der Waals surface area contributed by atoms with Gasteiger partial charge in [0.15, 0.2) is 5.82 Å². The first-order valence-corrected chi connectivity index (χ1v) is 4.55. The van der Waals surface area contributed by atoms with Crippen LogP contribution in [0.25, 0.3) is 0 Å². The Labute approximate surface area is 83.6 Å². The Morgan fingerprint density at radius 1 is 1.64 bits per heavy atom. The number of nitrogens with two attached hydrogens (primary N) is 1. The maximum absolute atomic E-state index is 9.01. The quantitative estimate of drug-likeness (QED) is 0.694. The van der Waals surface area contributed by atoms with Crippen molar-refractivity contribution >= 4 is 5.82 Å². The topological polar surface area (TPSA) is 75.3 Å². The molecule has 3 N–H and O–H groups in total. The van der Waals surface area contributed by atoms with Gasteiger partial charge in [0.05, 0.1) is 18.8 Å².